The molecule has 0 radical (unpaired) electrons. The number of fused-ring (bicyclic) bond motifs is 2. The van der Waals surface area contributed by atoms with Crippen LogP contribution in [0.25, 0.3) is 22.3 Å². The molecule has 1 amide bonds. The third-order valence-corrected chi connectivity index (χ3v) is 8.83. The zero-order chi connectivity index (χ0) is 28.0. The summed E-state index contributed by atoms with van der Waals surface area (Å²) in [6, 6.07) is 13.8. The molecule has 6 rings (SSSR count). The molecule has 1 atom stereocenters. The van der Waals surface area contributed by atoms with Crippen LogP contribution >= 0.6 is 11.6 Å². The van der Waals surface area contributed by atoms with Crippen molar-refractivity contribution in [2.75, 3.05) is 26.2 Å². The lowest BCUT2D eigenvalue weighted by Gasteiger charge is -2.33. The number of piperidine rings is 1. The zero-order valence-electron chi connectivity index (χ0n) is 22.9. The van der Waals surface area contributed by atoms with E-state index in [2.05, 4.69) is 9.88 Å². The molecule has 0 bridgehead atoms. The first-order valence-corrected chi connectivity index (χ1v) is 14.4. The molecule has 2 aliphatic rings. The number of aliphatic hydroxyl groups excluding tert-OH is 1. The number of nitrogens with zero attached hydrogens (tertiary/aromatic N) is 5. The fraction of sp³-hybridized carbons (Fsp3) is 0.433. The number of aromatic nitrogens is 4. The van der Waals surface area contributed by atoms with Gasteiger partial charge in [-0.2, -0.15) is 5.10 Å². The van der Waals surface area contributed by atoms with Gasteiger partial charge in [-0.25, -0.2) is 4.79 Å². The van der Waals surface area contributed by atoms with Crippen LogP contribution in [0, 0.1) is 6.92 Å². The Kier molecular flexibility index (Phi) is 7.29. The van der Waals surface area contributed by atoms with Crippen molar-refractivity contribution < 1.29 is 9.90 Å². The minimum atomic E-state index is -0.595. The molecule has 2 N–H and O–H groups in total. The summed E-state index contributed by atoms with van der Waals surface area (Å²) in [5, 5.41) is 16.8. The Hall–Kier alpha value is -3.40. The number of aromatic amines is 1. The Labute approximate surface area is 238 Å². The summed E-state index contributed by atoms with van der Waals surface area (Å²) in [5.41, 5.74) is 6.66. The van der Waals surface area contributed by atoms with Gasteiger partial charge < -0.3 is 19.9 Å². The molecule has 2 aromatic carbocycles. The van der Waals surface area contributed by atoms with Gasteiger partial charge in [-0.1, -0.05) is 29.8 Å². The second-order valence-electron chi connectivity index (χ2n) is 11.1. The molecule has 4 heterocycles. The van der Waals surface area contributed by atoms with Crippen LogP contribution in [0.15, 0.2) is 47.3 Å². The molecule has 0 saturated carbocycles. The van der Waals surface area contributed by atoms with E-state index >= 15 is 0 Å². The van der Waals surface area contributed by atoms with Crippen LogP contribution in [0.3, 0.4) is 0 Å². The highest BCUT2D eigenvalue weighted by Crippen LogP contribution is 2.32. The number of hydrogen-bond donors (Lipinski definition) is 2. The van der Waals surface area contributed by atoms with Gasteiger partial charge in [0.05, 0.1) is 29.4 Å². The monoisotopic (exact) mass is 562 g/mol. The van der Waals surface area contributed by atoms with Crippen molar-refractivity contribution in [2.24, 2.45) is 0 Å². The Balaban J connectivity index is 1.16. The molecule has 0 spiro atoms. The first kappa shape index (κ1) is 26.8. The van der Waals surface area contributed by atoms with Gasteiger partial charge in [-0.15, -0.1) is 0 Å². The lowest BCUT2D eigenvalue weighted by atomic mass is 9.99. The Morgan fingerprint density at radius 3 is 2.67 bits per heavy atom. The van der Waals surface area contributed by atoms with E-state index in [4.69, 9.17) is 16.7 Å². The van der Waals surface area contributed by atoms with Crippen molar-refractivity contribution in [3.05, 3.63) is 74.8 Å². The summed E-state index contributed by atoms with van der Waals surface area (Å²) in [6.07, 6.45) is 1.81. The first-order chi connectivity index (χ1) is 19.3. The van der Waals surface area contributed by atoms with Gasteiger partial charge in [0.25, 0.3) is 0 Å². The van der Waals surface area contributed by atoms with Crippen molar-refractivity contribution in [1.29, 1.82) is 0 Å². The highest BCUT2D eigenvalue weighted by Gasteiger charge is 2.29. The molecule has 1 fully saturated rings. The summed E-state index contributed by atoms with van der Waals surface area (Å²) in [7, 11) is 0. The van der Waals surface area contributed by atoms with Crippen molar-refractivity contribution in [3.63, 3.8) is 0 Å². The van der Waals surface area contributed by atoms with E-state index in [9.17, 15) is 14.7 Å². The van der Waals surface area contributed by atoms with Crippen LogP contribution in [0.5, 0.6) is 0 Å². The summed E-state index contributed by atoms with van der Waals surface area (Å²) in [5.74, 6) is 0.0509. The molecular formula is C30H35ClN6O3. The summed E-state index contributed by atoms with van der Waals surface area (Å²) < 4.78 is 3.83. The molecule has 9 nitrogen and oxygen atoms in total. The van der Waals surface area contributed by atoms with Gasteiger partial charge in [0.2, 0.25) is 5.91 Å². The lowest BCUT2D eigenvalue weighted by Crippen LogP contribution is -2.42. The highest BCUT2D eigenvalue weighted by molar-refractivity contribution is 6.31. The molecule has 40 heavy (non-hydrogen) atoms. The average molecular weight is 563 g/mol. The normalized spacial score (nSPS) is 17.4. The molecule has 0 unspecified atom stereocenters. The van der Waals surface area contributed by atoms with E-state index in [0.717, 1.165) is 65.0 Å². The topological polar surface area (TPSA) is 99.4 Å². The molecule has 10 heteroatoms. The standard InChI is InChI=1S/C30H35ClN6O3/c1-19-15-21(7-8-25(19)31)29-24-18-35(20(2)38)14-11-27(24)36(33-29)17-23(39)16-34-12-9-22(10-13-34)37-28-6-4-3-5-26(28)32-30(37)40/h3-8,15,22-23,39H,9-14,16-18H2,1-2H3,(H,32,40)/t23-/m1/s1. The highest BCUT2D eigenvalue weighted by atomic mass is 35.5. The molecule has 210 valence electrons. The fourth-order valence-electron chi connectivity index (χ4n) is 6.29. The van der Waals surface area contributed by atoms with Gasteiger partial charge in [0.15, 0.2) is 0 Å². The minimum absolute atomic E-state index is 0.0509. The quantitative estimate of drug-likeness (QED) is 0.373. The Morgan fingerprint density at radius 1 is 1.15 bits per heavy atom. The van der Waals surface area contributed by atoms with Gasteiger partial charge in [0, 0.05) is 74.0 Å². The van der Waals surface area contributed by atoms with Gasteiger partial charge >= 0.3 is 5.69 Å². The third-order valence-electron chi connectivity index (χ3n) is 8.41. The predicted molar refractivity (Wildman–Crippen MR) is 155 cm³/mol. The van der Waals surface area contributed by atoms with E-state index < -0.39 is 6.10 Å². The molecule has 4 aromatic rings. The molecule has 2 aliphatic heterocycles. The number of nitrogens with one attached hydrogen (secondary N) is 1. The van der Waals surface area contributed by atoms with Crippen molar-refractivity contribution >= 4 is 28.5 Å². The van der Waals surface area contributed by atoms with Crippen LogP contribution in [0.4, 0.5) is 0 Å². The summed E-state index contributed by atoms with van der Waals surface area (Å²) >= 11 is 6.28. The van der Waals surface area contributed by atoms with Crippen LogP contribution < -0.4 is 5.69 Å². The molecule has 2 aromatic heterocycles. The van der Waals surface area contributed by atoms with Gasteiger partial charge in [0.1, 0.15) is 0 Å². The number of halogens is 1. The number of carbonyl (C=O) groups excluding carboxylic acids is 1. The number of H-pyrrole nitrogens is 1. The number of β-amino-alcohol motifs (C(OH)–C–C–N with tert-alkyl or cyclic N) is 1. The van der Waals surface area contributed by atoms with Crippen molar-refractivity contribution in [1.82, 2.24) is 29.1 Å². The van der Waals surface area contributed by atoms with E-state index in [1.807, 2.05) is 63.5 Å². The fourth-order valence-corrected chi connectivity index (χ4v) is 6.40. The predicted octanol–water partition coefficient (Wildman–Crippen LogP) is 3.76. The number of benzene rings is 2. The lowest BCUT2D eigenvalue weighted by molar-refractivity contribution is -0.129. The number of para-hydroxylation sites is 2. The van der Waals surface area contributed by atoms with E-state index in [-0.39, 0.29) is 17.6 Å². The first-order valence-electron chi connectivity index (χ1n) is 14.0. The molecule has 1 saturated heterocycles. The number of hydrogen-bond acceptors (Lipinski definition) is 5. The summed E-state index contributed by atoms with van der Waals surface area (Å²) in [6.45, 7) is 7.28. The number of aryl methyl sites for hydroxylation is 1. The number of carbonyl (C=O) groups is 1. The third kappa shape index (κ3) is 5.09. The van der Waals surface area contributed by atoms with Crippen molar-refractivity contribution in [3.8, 4) is 11.3 Å². The van der Waals surface area contributed by atoms with Crippen LogP contribution in [-0.4, -0.2) is 72.4 Å². The van der Waals surface area contributed by atoms with Crippen LogP contribution in [-0.2, 0) is 24.3 Å². The molecular weight excluding hydrogens is 528 g/mol. The van der Waals surface area contributed by atoms with E-state index in [0.29, 0.717) is 37.6 Å². The number of imidazole rings is 1. The SMILES string of the molecule is CC(=O)N1CCc2c(c(-c3ccc(Cl)c(C)c3)nn2C[C@H](O)CN2CCC(n3c(=O)[nH]c4ccccc43)CC2)C1. The summed E-state index contributed by atoms with van der Waals surface area (Å²) in [4.78, 5) is 31.9. The van der Waals surface area contributed by atoms with Crippen LogP contribution in [0.2, 0.25) is 5.02 Å². The van der Waals surface area contributed by atoms with Crippen molar-refractivity contribution in [2.45, 2.75) is 58.3 Å². The maximum atomic E-state index is 12.6. The zero-order valence-corrected chi connectivity index (χ0v) is 23.7. The smallest absolute Gasteiger partial charge is 0.326 e. The van der Waals surface area contributed by atoms with E-state index in [1.165, 1.54) is 0 Å². The molecule has 0 aliphatic carbocycles. The average Bonchev–Trinajstić information content (AvgIpc) is 3.47. The number of rotatable bonds is 6. The number of aliphatic hydroxyl groups is 1. The number of amides is 1. The maximum Gasteiger partial charge on any atom is 0.326 e. The van der Waals surface area contributed by atoms with E-state index in [1.54, 1.807) is 6.92 Å². The van der Waals surface area contributed by atoms with Gasteiger partial charge in [-0.05, 0) is 49.6 Å². The number of likely N-dealkylation sites (tertiary alicyclic amines) is 1. The Morgan fingerprint density at radius 2 is 1.93 bits per heavy atom. The minimum Gasteiger partial charge on any atom is -0.390 e. The van der Waals surface area contributed by atoms with Gasteiger partial charge in [-0.3, -0.25) is 14.0 Å². The second kappa shape index (κ2) is 10.9. The maximum absolute atomic E-state index is 12.6. The van der Waals surface area contributed by atoms with Crippen LogP contribution in [0.1, 0.15) is 42.6 Å². The second-order valence-corrected chi connectivity index (χ2v) is 11.5. The Bertz CT molecular complexity index is 1610. The largest absolute Gasteiger partial charge is 0.390 e.